The second-order valence-corrected chi connectivity index (χ2v) is 4.40. The lowest BCUT2D eigenvalue weighted by Crippen LogP contribution is -2.44. The number of amides is 1. The monoisotopic (exact) mass is 222 g/mol. The Morgan fingerprint density at radius 1 is 1.44 bits per heavy atom. The summed E-state index contributed by atoms with van der Waals surface area (Å²) in [6.07, 6.45) is 10.5. The molecule has 1 amide bonds. The van der Waals surface area contributed by atoms with Gasteiger partial charge >= 0.3 is 0 Å². The highest BCUT2D eigenvalue weighted by Crippen LogP contribution is 2.10. The molecular formula is C13H22N2O. The van der Waals surface area contributed by atoms with Crippen LogP contribution in [0.15, 0.2) is 0 Å². The van der Waals surface area contributed by atoms with Crippen molar-refractivity contribution >= 4 is 5.91 Å². The standard InChI is InChI=1S/C13H22N2O/c1-3-4-5-6-9-14-13-7-10-15(11-8-13)12(2)16/h1,13-14H,4-11H2,2H3. The molecule has 0 bridgehead atoms. The summed E-state index contributed by atoms with van der Waals surface area (Å²) in [5.74, 6) is 2.85. The van der Waals surface area contributed by atoms with Gasteiger partial charge < -0.3 is 10.2 Å². The molecule has 0 spiro atoms. The second-order valence-electron chi connectivity index (χ2n) is 4.40. The van der Waals surface area contributed by atoms with Crippen LogP contribution in [0.3, 0.4) is 0 Å². The van der Waals surface area contributed by atoms with Crippen LogP contribution in [0, 0.1) is 12.3 Å². The first kappa shape index (κ1) is 13.1. The predicted octanol–water partition coefficient (Wildman–Crippen LogP) is 1.39. The van der Waals surface area contributed by atoms with E-state index in [2.05, 4.69) is 11.2 Å². The fraction of sp³-hybridized carbons (Fsp3) is 0.769. The van der Waals surface area contributed by atoms with Crippen LogP contribution >= 0.6 is 0 Å². The van der Waals surface area contributed by atoms with E-state index in [9.17, 15) is 4.79 Å². The predicted molar refractivity (Wildman–Crippen MR) is 66.0 cm³/mol. The van der Waals surface area contributed by atoms with Gasteiger partial charge in [0, 0.05) is 32.5 Å². The second kappa shape index (κ2) is 7.29. The van der Waals surface area contributed by atoms with E-state index in [4.69, 9.17) is 6.42 Å². The molecule has 1 heterocycles. The molecule has 1 N–H and O–H groups in total. The van der Waals surface area contributed by atoms with Crippen LogP contribution in [-0.4, -0.2) is 36.5 Å². The maximum atomic E-state index is 11.1. The van der Waals surface area contributed by atoms with E-state index >= 15 is 0 Å². The third-order valence-corrected chi connectivity index (χ3v) is 3.12. The average molecular weight is 222 g/mol. The molecule has 3 heteroatoms. The van der Waals surface area contributed by atoms with Crippen molar-refractivity contribution in [3.8, 4) is 12.3 Å². The summed E-state index contributed by atoms with van der Waals surface area (Å²) in [4.78, 5) is 13.1. The Balaban J connectivity index is 2.04. The van der Waals surface area contributed by atoms with Gasteiger partial charge in [-0.15, -0.1) is 12.3 Å². The highest BCUT2D eigenvalue weighted by atomic mass is 16.2. The number of carbonyl (C=O) groups is 1. The lowest BCUT2D eigenvalue weighted by atomic mass is 10.0. The number of terminal acetylenes is 1. The van der Waals surface area contributed by atoms with Gasteiger partial charge in [0.15, 0.2) is 0 Å². The van der Waals surface area contributed by atoms with Gasteiger partial charge in [-0.2, -0.15) is 0 Å². The van der Waals surface area contributed by atoms with E-state index in [1.807, 2.05) is 4.90 Å². The fourth-order valence-electron chi connectivity index (χ4n) is 2.06. The van der Waals surface area contributed by atoms with Crippen LogP contribution in [0.25, 0.3) is 0 Å². The van der Waals surface area contributed by atoms with Crippen LogP contribution in [0.4, 0.5) is 0 Å². The van der Waals surface area contributed by atoms with Crippen molar-refractivity contribution in [1.82, 2.24) is 10.2 Å². The summed E-state index contributed by atoms with van der Waals surface area (Å²) in [5, 5.41) is 3.53. The van der Waals surface area contributed by atoms with Crippen molar-refractivity contribution < 1.29 is 4.79 Å². The summed E-state index contributed by atoms with van der Waals surface area (Å²) in [6.45, 7) is 4.49. The van der Waals surface area contributed by atoms with Crippen molar-refractivity contribution in [1.29, 1.82) is 0 Å². The third-order valence-electron chi connectivity index (χ3n) is 3.12. The van der Waals surface area contributed by atoms with Crippen LogP contribution in [-0.2, 0) is 4.79 Å². The number of hydrogen-bond acceptors (Lipinski definition) is 2. The van der Waals surface area contributed by atoms with E-state index in [1.54, 1.807) is 6.92 Å². The molecule has 0 saturated carbocycles. The van der Waals surface area contributed by atoms with Gasteiger partial charge in [0.05, 0.1) is 0 Å². The van der Waals surface area contributed by atoms with Crippen molar-refractivity contribution in [2.24, 2.45) is 0 Å². The molecule has 1 rings (SSSR count). The highest BCUT2D eigenvalue weighted by Gasteiger charge is 2.19. The molecule has 0 aromatic heterocycles. The molecule has 1 aliphatic heterocycles. The van der Waals surface area contributed by atoms with Gasteiger partial charge in [0.2, 0.25) is 5.91 Å². The summed E-state index contributed by atoms with van der Waals surface area (Å²) in [7, 11) is 0. The molecule has 0 aromatic carbocycles. The minimum atomic E-state index is 0.201. The zero-order valence-electron chi connectivity index (χ0n) is 10.2. The number of piperidine rings is 1. The van der Waals surface area contributed by atoms with Crippen LogP contribution < -0.4 is 5.32 Å². The first-order chi connectivity index (χ1) is 7.74. The maximum Gasteiger partial charge on any atom is 0.219 e. The number of likely N-dealkylation sites (tertiary alicyclic amines) is 1. The Kier molecular flexibility index (Phi) is 5.95. The lowest BCUT2D eigenvalue weighted by Gasteiger charge is -2.31. The van der Waals surface area contributed by atoms with Gasteiger partial charge in [0.1, 0.15) is 0 Å². The summed E-state index contributed by atoms with van der Waals surface area (Å²) in [5.41, 5.74) is 0. The largest absolute Gasteiger partial charge is 0.343 e. The van der Waals surface area contributed by atoms with Crippen LogP contribution in [0.1, 0.15) is 39.0 Å². The van der Waals surface area contributed by atoms with Crippen molar-refractivity contribution in [3.05, 3.63) is 0 Å². The lowest BCUT2D eigenvalue weighted by molar-refractivity contribution is -0.129. The molecule has 0 atom stereocenters. The first-order valence-corrected chi connectivity index (χ1v) is 6.16. The zero-order chi connectivity index (χ0) is 11.8. The first-order valence-electron chi connectivity index (χ1n) is 6.16. The Hall–Kier alpha value is -1.01. The van der Waals surface area contributed by atoms with Crippen molar-refractivity contribution in [3.63, 3.8) is 0 Å². The number of carbonyl (C=O) groups excluding carboxylic acids is 1. The van der Waals surface area contributed by atoms with Crippen LogP contribution in [0.2, 0.25) is 0 Å². The third kappa shape index (κ3) is 4.67. The van der Waals surface area contributed by atoms with Crippen molar-refractivity contribution in [2.75, 3.05) is 19.6 Å². The summed E-state index contributed by atoms with van der Waals surface area (Å²) < 4.78 is 0. The number of rotatable bonds is 5. The highest BCUT2D eigenvalue weighted by molar-refractivity contribution is 5.73. The smallest absolute Gasteiger partial charge is 0.219 e. The quantitative estimate of drug-likeness (QED) is 0.563. The van der Waals surface area contributed by atoms with Gasteiger partial charge in [-0.25, -0.2) is 0 Å². The maximum absolute atomic E-state index is 11.1. The normalized spacial score (nSPS) is 17.1. The summed E-state index contributed by atoms with van der Waals surface area (Å²) in [6, 6.07) is 0.585. The SMILES string of the molecule is C#CCCCCNC1CCN(C(C)=O)CC1. The minimum absolute atomic E-state index is 0.201. The molecule has 16 heavy (non-hydrogen) atoms. The van der Waals surface area contributed by atoms with Gasteiger partial charge in [-0.05, 0) is 32.2 Å². The van der Waals surface area contributed by atoms with Crippen LogP contribution in [0.5, 0.6) is 0 Å². The molecule has 1 aliphatic rings. The average Bonchev–Trinajstić information content (AvgIpc) is 2.29. The Morgan fingerprint density at radius 3 is 2.69 bits per heavy atom. The van der Waals surface area contributed by atoms with E-state index < -0.39 is 0 Å². The summed E-state index contributed by atoms with van der Waals surface area (Å²) >= 11 is 0. The number of nitrogens with one attached hydrogen (secondary N) is 1. The fourth-order valence-corrected chi connectivity index (χ4v) is 2.06. The molecule has 3 nitrogen and oxygen atoms in total. The van der Waals surface area contributed by atoms with Gasteiger partial charge in [-0.1, -0.05) is 0 Å². The Morgan fingerprint density at radius 2 is 2.12 bits per heavy atom. The number of unbranched alkanes of at least 4 members (excludes halogenated alkanes) is 2. The molecule has 1 fully saturated rings. The Labute approximate surface area is 98.6 Å². The molecule has 90 valence electrons. The van der Waals surface area contributed by atoms with Gasteiger partial charge in [-0.3, -0.25) is 4.79 Å². The van der Waals surface area contributed by atoms with E-state index in [0.717, 1.165) is 51.7 Å². The Bertz CT molecular complexity index is 249. The molecule has 0 radical (unpaired) electrons. The number of nitrogens with zero attached hydrogens (tertiary/aromatic N) is 1. The molecule has 1 saturated heterocycles. The van der Waals surface area contributed by atoms with E-state index in [0.29, 0.717) is 6.04 Å². The van der Waals surface area contributed by atoms with Crippen molar-refractivity contribution in [2.45, 2.75) is 45.1 Å². The zero-order valence-corrected chi connectivity index (χ0v) is 10.2. The van der Waals surface area contributed by atoms with E-state index in [1.165, 1.54) is 0 Å². The molecule has 0 unspecified atom stereocenters. The minimum Gasteiger partial charge on any atom is -0.343 e. The topological polar surface area (TPSA) is 32.3 Å². The molecular weight excluding hydrogens is 200 g/mol. The molecule has 0 aliphatic carbocycles. The van der Waals surface area contributed by atoms with E-state index in [-0.39, 0.29) is 5.91 Å². The molecule has 0 aromatic rings. The van der Waals surface area contributed by atoms with Gasteiger partial charge in [0.25, 0.3) is 0 Å². The number of hydrogen-bond donors (Lipinski definition) is 1.